The number of rotatable bonds is 3. The van der Waals surface area contributed by atoms with Crippen molar-refractivity contribution in [2.45, 2.75) is 131 Å². The van der Waals surface area contributed by atoms with E-state index in [1.54, 1.807) is 0 Å². The summed E-state index contributed by atoms with van der Waals surface area (Å²) in [5.41, 5.74) is -0.00992. The molecule has 214 valence electrons. The lowest BCUT2D eigenvalue weighted by molar-refractivity contribution is -0.285. The predicted octanol–water partition coefficient (Wildman–Crippen LogP) is 6.55. The van der Waals surface area contributed by atoms with E-state index in [-0.39, 0.29) is 50.5 Å². The molecule has 0 aliphatic heterocycles. The van der Waals surface area contributed by atoms with E-state index in [2.05, 4.69) is 48.5 Å². The van der Waals surface area contributed by atoms with Crippen LogP contribution in [0.3, 0.4) is 0 Å². The zero-order chi connectivity index (χ0) is 27.7. The van der Waals surface area contributed by atoms with E-state index in [4.69, 9.17) is 9.47 Å². The highest BCUT2D eigenvalue weighted by molar-refractivity contribution is 5.66. The first kappa shape index (κ1) is 27.1. The monoisotopic (exact) mass is 528 g/mol. The molecule has 0 aromatic heterocycles. The molecule has 0 saturated heterocycles. The number of esters is 1. The van der Waals surface area contributed by atoms with Crippen LogP contribution < -0.4 is 0 Å². The van der Waals surface area contributed by atoms with E-state index in [0.717, 1.165) is 32.1 Å². The SMILES string of the molecule is CC(=O)O[C@H]1CC[C@]2(C)C3C(O)[C@H](OC=O)[C@]45C[C@]4(CC[C@@]4(C)CC[C@@H](C)[C@H](C)[C@H]45)[C@]3(C)CC[C@H]2C1(C)C. The molecular formula is C33H52O5. The van der Waals surface area contributed by atoms with Crippen molar-refractivity contribution in [3.8, 4) is 0 Å². The van der Waals surface area contributed by atoms with Crippen LogP contribution >= 0.6 is 0 Å². The zero-order valence-corrected chi connectivity index (χ0v) is 25.1. The average Bonchev–Trinajstić information content (AvgIpc) is 3.53. The molecule has 0 bridgehead atoms. The van der Waals surface area contributed by atoms with Crippen LogP contribution in [0.25, 0.3) is 0 Å². The molecule has 0 aromatic rings. The summed E-state index contributed by atoms with van der Waals surface area (Å²) in [5, 5.41) is 12.5. The minimum absolute atomic E-state index is 0.00644. The van der Waals surface area contributed by atoms with Gasteiger partial charge in [-0.15, -0.1) is 0 Å². The van der Waals surface area contributed by atoms with Crippen molar-refractivity contribution >= 4 is 12.4 Å². The van der Waals surface area contributed by atoms with Crippen LogP contribution in [0.2, 0.25) is 0 Å². The highest BCUT2D eigenvalue weighted by atomic mass is 16.5. The first-order valence-corrected chi connectivity index (χ1v) is 15.6. The van der Waals surface area contributed by atoms with E-state index in [1.165, 1.54) is 32.6 Å². The minimum Gasteiger partial charge on any atom is -0.462 e. The Hall–Kier alpha value is -1.10. The highest BCUT2D eigenvalue weighted by Crippen LogP contribution is 2.91. The quantitative estimate of drug-likeness (QED) is 0.332. The number of hydrogen-bond donors (Lipinski definition) is 1. The Bertz CT molecular complexity index is 1020. The van der Waals surface area contributed by atoms with Gasteiger partial charge in [0, 0.05) is 23.7 Å². The molecule has 38 heavy (non-hydrogen) atoms. The fourth-order valence-corrected chi connectivity index (χ4v) is 13.5. The number of ether oxygens (including phenoxy) is 2. The first-order valence-electron chi connectivity index (χ1n) is 15.6. The van der Waals surface area contributed by atoms with Gasteiger partial charge in [-0.25, -0.2) is 0 Å². The molecule has 6 fully saturated rings. The van der Waals surface area contributed by atoms with Crippen molar-refractivity contribution in [2.75, 3.05) is 0 Å². The van der Waals surface area contributed by atoms with Gasteiger partial charge in [0.15, 0.2) is 0 Å². The van der Waals surface area contributed by atoms with Crippen LogP contribution in [0.15, 0.2) is 0 Å². The molecule has 2 unspecified atom stereocenters. The molecule has 0 amide bonds. The lowest BCUT2D eigenvalue weighted by atomic mass is 9.34. The van der Waals surface area contributed by atoms with Crippen LogP contribution in [-0.4, -0.2) is 35.9 Å². The third kappa shape index (κ3) is 2.93. The maximum Gasteiger partial charge on any atom is 0.302 e. The number of aliphatic hydroxyl groups excluding tert-OH is 1. The maximum absolute atomic E-state index is 12.5. The Morgan fingerprint density at radius 2 is 1.63 bits per heavy atom. The van der Waals surface area contributed by atoms with Gasteiger partial charge in [-0.2, -0.15) is 0 Å². The molecule has 6 rings (SSSR count). The summed E-state index contributed by atoms with van der Waals surface area (Å²) >= 11 is 0. The first-order chi connectivity index (χ1) is 17.7. The van der Waals surface area contributed by atoms with Crippen LogP contribution in [0.1, 0.15) is 113 Å². The fraction of sp³-hybridized carbons (Fsp3) is 0.939. The molecule has 6 aliphatic carbocycles. The van der Waals surface area contributed by atoms with E-state index in [9.17, 15) is 14.7 Å². The predicted molar refractivity (Wildman–Crippen MR) is 146 cm³/mol. The van der Waals surface area contributed by atoms with Crippen molar-refractivity contribution in [1.29, 1.82) is 0 Å². The van der Waals surface area contributed by atoms with E-state index in [0.29, 0.717) is 30.1 Å². The van der Waals surface area contributed by atoms with Crippen molar-refractivity contribution in [3.63, 3.8) is 0 Å². The third-order valence-corrected chi connectivity index (χ3v) is 15.0. The topological polar surface area (TPSA) is 72.8 Å². The summed E-state index contributed by atoms with van der Waals surface area (Å²) < 4.78 is 12.0. The normalized spacial score (nSPS) is 58.1. The largest absolute Gasteiger partial charge is 0.462 e. The van der Waals surface area contributed by atoms with Gasteiger partial charge in [0.25, 0.3) is 6.47 Å². The Labute approximate surface area is 230 Å². The Morgan fingerprint density at radius 3 is 2.29 bits per heavy atom. The second kappa shape index (κ2) is 8.01. The maximum atomic E-state index is 12.5. The number of carbonyl (C=O) groups is 2. The summed E-state index contributed by atoms with van der Waals surface area (Å²) in [6.07, 6.45) is 8.83. The highest BCUT2D eigenvalue weighted by Gasteiger charge is 2.89. The van der Waals surface area contributed by atoms with E-state index >= 15 is 0 Å². The summed E-state index contributed by atoms with van der Waals surface area (Å²) in [6.45, 7) is 19.0. The fourth-order valence-electron chi connectivity index (χ4n) is 13.5. The Kier molecular flexibility index (Phi) is 5.71. The number of aliphatic hydroxyl groups is 1. The third-order valence-electron chi connectivity index (χ3n) is 15.0. The Morgan fingerprint density at radius 1 is 0.921 bits per heavy atom. The van der Waals surface area contributed by atoms with Crippen molar-refractivity contribution in [3.05, 3.63) is 0 Å². The van der Waals surface area contributed by atoms with Gasteiger partial charge in [0.2, 0.25) is 0 Å². The summed E-state index contributed by atoms with van der Waals surface area (Å²) in [5.74, 6) is 1.89. The van der Waals surface area contributed by atoms with Gasteiger partial charge in [0.1, 0.15) is 12.2 Å². The zero-order valence-electron chi connectivity index (χ0n) is 25.1. The summed E-state index contributed by atoms with van der Waals surface area (Å²) in [4.78, 5) is 24.1. The standard InChI is InChI=1S/C33H52O5/c1-19-9-12-29(6)15-16-32-17-33(32,25(29)20(19)2)27(37-18-34)24(36)26-30(7)13-11-23(38-21(3)35)28(4,5)22(30)10-14-31(26,32)8/h18-20,22-27,36H,9-17H2,1-8H3/t19-,20+,22+,23+,24?,25-,26?,27+,29-,30+,31-,32-,33-/m1/s1. The molecule has 1 N–H and O–H groups in total. The molecule has 0 aromatic carbocycles. The van der Waals surface area contributed by atoms with Crippen molar-refractivity contribution < 1.29 is 24.2 Å². The van der Waals surface area contributed by atoms with E-state index in [1.807, 2.05) is 0 Å². The molecule has 13 atom stereocenters. The summed E-state index contributed by atoms with van der Waals surface area (Å²) in [7, 11) is 0. The number of carbonyl (C=O) groups excluding carboxylic acids is 2. The molecular weight excluding hydrogens is 476 g/mol. The molecule has 5 nitrogen and oxygen atoms in total. The van der Waals surface area contributed by atoms with E-state index < -0.39 is 12.2 Å². The van der Waals surface area contributed by atoms with Crippen LogP contribution in [-0.2, 0) is 19.1 Å². The van der Waals surface area contributed by atoms with Crippen LogP contribution in [0.4, 0.5) is 0 Å². The molecule has 0 heterocycles. The van der Waals surface area contributed by atoms with Crippen molar-refractivity contribution in [1.82, 2.24) is 0 Å². The number of hydrogen-bond acceptors (Lipinski definition) is 5. The van der Waals surface area contributed by atoms with Gasteiger partial charge >= 0.3 is 5.97 Å². The molecule has 5 heteroatoms. The van der Waals surface area contributed by atoms with Gasteiger partial charge in [-0.05, 0) is 103 Å². The minimum atomic E-state index is -0.665. The van der Waals surface area contributed by atoms with Crippen LogP contribution in [0, 0.1) is 62.1 Å². The summed E-state index contributed by atoms with van der Waals surface area (Å²) in [6, 6.07) is 0. The van der Waals surface area contributed by atoms with Crippen LogP contribution in [0.5, 0.6) is 0 Å². The second-order valence-corrected chi connectivity index (χ2v) is 16.4. The van der Waals surface area contributed by atoms with Gasteiger partial charge in [0.05, 0.1) is 6.10 Å². The molecule has 0 spiro atoms. The van der Waals surface area contributed by atoms with Gasteiger partial charge in [-0.1, -0.05) is 48.5 Å². The lowest BCUT2D eigenvalue weighted by Crippen LogP contribution is -2.71. The van der Waals surface area contributed by atoms with Crippen molar-refractivity contribution in [2.24, 2.45) is 62.1 Å². The lowest BCUT2D eigenvalue weighted by Gasteiger charge is -2.71. The van der Waals surface area contributed by atoms with Gasteiger partial charge < -0.3 is 14.6 Å². The van der Waals surface area contributed by atoms with Gasteiger partial charge in [-0.3, -0.25) is 9.59 Å². The Balaban J connectivity index is 1.46. The molecule has 6 saturated carbocycles. The molecule has 6 aliphatic rings. The molecule has 0 radical (unpaired) electrons. The second-order valence-electron chi connectivity index (χ2n) is 16.4. The average molecular weight is 529 g/mol. The number of fused-ring (bicyclic) bond motifs is 4. The smallest absolute Gasteiger partial charge is 0.302 e.